The van der Waals surface area contributed by atoms with E-state index in [1.165, 1.54) is 0 Å². The smallest absolute Gasteiger partial charge is 0.194 e. The van der Waals surface area contributed by atoms with Gasteiger partial charge >= 0.3 is 0 Å². The summed E-state index contributed by atoms with van der Waals surface area (Å²) in [4.78, 5) is 46.6. The number of fused-ring (bicyclic) bond motifs is 4. The lowest BCUT2D eigenvalue weighted by Gasteiger charge is -2.16. The molecule has 0 amide bonds. The average Bonchev–Trinajstić information content (AvgIpc) is 2.97. The zero-order valence-corrected chi connectivity index (χ0v) is 21.6. The van der Waals surface area contributed by atoms with Crippen LogP contribution in [0.4, 0.5) is 0 Å². The van der Waals surface area contributed by atoms with Crippen LogP contribution in [0.15, 0.2) is 130 Å². The molecule has 2 aromatic heterocycles. The summed E-state index contributed by atoms with van der Waals surface area (Å²) in [5.41, 5.74) is 2.24. The Morgan fingerprint density at radius 3 is 1.03 bits per heavy atom. The second-order valence-corrected chi connectivity index (χ2v) is 10.2. The number of ketones is 2. The van der Waals surface area contributed by atoms with Gasteiger partial charge in [0.25, 0.3) is 0 Å². The van der Waals surface area contributed by atoms with Crippen molar-refractivity contribution in [3.8, 4) is 0 Å². The fraction of sp³-hybridized carbons (Fsp3) is 0. The minimum atomic E-state index is -0.0641. The molecule has 0 bridgehead atoms. The number of hydrogen-bond donors (Lipinski definition) is 0. The quantitative estimate of drug-likeness (QED) is 0.211. The third kappa shape index (κ3) is 5.13. The first kappa shape index (κ1) is 25.1. The first-order chi connectivity index (χ1) is 18.5. The highest BCUT2D eigenvalue weighted by molar-refractivity contribution is 7.16. The first-order valence-electron chi connectivity index (χ1n) is 11.7. The van der Waals surface area contributed by atoms with Gasteiger partial charge < -0.3 is 0 Å². The zero-order valence-electron chi connectivity index (χ0n) is 20.0. The lowest BCUT2D eigenvalue weighted by Crippen LogP contribution is -2.20. The van der Waals surface area contributed by atoms with E-state index in [0.717, 1.165) is 20.2 Å². The van der Waals surface area contributed by atoms with E-state index in [-0.39, 0.29) is 22.4 Å². The van der Waals surface area contributed by atoms with Gasteiger partial charge in [0, 0.05) is 42.4 Å². The fourth-order valence-electron chi connectivity index (χ4n) is 4.11. The monoisotopic (exact) mass is 532 g/mol. The van der Waals surface area contributed by atoms with E-state index in [1.54, 1.807) is 83.3 Å². The molecule has 0 fully saturated rings. The van der Waals surface area contributed by atoms with Crippen LogP contribution in [-0.4, -0.2) is 11.6 Å². The van der Waals surface area contributed by atoms with E-state index in [2.05, 4.69) is 0 Å². The Labute approximate surface area is 226 Å². The molecule has 184 valence electrons. The molecule has 0 saturated carbocycles. The summed E-state index contributed by atoms with van der Waals surface area (Å²) in [6.45, 7) is 0. The second kappa shape index (κ2) is 11.3. The molecule has 0 spiro atoms. The summed E-state index contributed by atoms with van der Waals surface area (Å²) in [6, 6.07) is 32.4. The van der Waals surface area contributed by atoms with Crippen molar-refractivity contribution in [2.24, 2.45) is 0 Å². The molecule has 0 radical (unpaired) electrons. The summed E-state index contributed by atoms with van der Waals surface area (Å²) in [7, 11) is 0. The van der Waals surface area contributed by atoms with E-state index < -0.39 is 0 Å². The van der Waals surface area contributed by atoms with Crippen molar-refractivity contribution in [3.63, 3.8) is 0 Å². The van der Waals surface area contributed by atoms with Gasteiger partial charge in [0.2, 0.25) is 0 Å². The molecule has 2 heterocycles. The van der Waals surface area contributed by atoms with Gasteiger partial charge in [-0.05, 0) is 47.2 Å². The molecule has 38 heavy (non-hydrogen) atoms. The molecule has 1 aliphatic carbocycles. The Morgan fingerprint density at radius 2 is 0.684 bits per heavy atom. The third-order valence-corrected chi connectivity index (χ3v) is 7.73. The Bertz CT molecular complexity index is 1720. The lowest BCUT2D eigenvalue weighted by molar-refractivity contribution is 0.0979. The van der Waals surface area contributed by atoms with Gasteiger partial charge in [-0.15, -0.1) is 22.7 Å². The summed E-state index contributed by atoms with van der Waals surface area (Å²) >= 11 is 3.18. The molecule has 7 rings (SSSR count). The van der Waals surface area contributed by atoms with Gasteiger partial charge in [0.1, 0.15) is 0 Å². The van der Waals surface area contributed by atoms with Crippen molar-refractivity contribution in [1.29, 1.82) is 0 Å². The van der Waals surface area contributed by atoms with Crippen molar-refractivity contribution in [3.05, 3.63) is 163 Å². The van der Waals surface area contributed by atoms with Crippen LogP contribution in [-0.2, 0) is 0 Å². The van der Waals surface area contributed by atoms with Gasteiger partial charge in [-0.25, -0.2) is 0 Å². The number of hydrogen-bond acceptors (Lipinski definition) is 6. The number of carbonyl (C=O) groups is 2. The minimum absolute atomic E-state index is 0.0641. The normalized spacial score (nSPS) is 11.5. The highest BCUT2D eigenvalue weighted by atomic mass is 32.1. The summed E-state index contributed by atoms with van der Waals surface area (Å²) in [5, 5.41) is 5.29. The van der Waals surface area contributed by atoms with Crippen molar-refractivity contribution in [2.75, 3.05) is 0 Å². The number of rotatable bonds is 0. The SMILES string of the molecule is O=C1c2ccccc2C(=O)c2ccccc21.O=c1ccsc2ccccc12.O=c1ccsc2ccccc12. The molecule has 0 N–H and O–H groups in total. The molecule has 6 heteroatoms. The fourth-order valence-corrected chi connectivity index (χ4v) is 5.69. The molecule has 4 aromatic carbocycles. The number of benzene rings is 4. The van der Waals surface area contributed by atoms with Crippen LogP contribution < -0.4 is 10.9 Å². The topological polar surface area (TPSA) is 68.3 Å². The predicted octanol–water partition coefficient (Wildman–Crippen LogP) is 6.99. The van der Waals surface area contributed by atoms with Crippen molar-refractivity contribution < 1.29 is 9.59 Å². The second-order valence-electron chi connectivity index (χ2n) is 8.31. The maximum atomic E-state index is 12.1. The van der Waals surface area contributed by atoms with Gasteiger partial charge in [-0.3, -0.25) is 19.2 Å². The molecule has 4 nitrogen and oxygen atoms in total. The Kier molecular flexibility index (Phi) is 7.45. The van der Waals surface area contributed by atoms with E-state index in [0.29, 0.717) is 22.3 Å². The predicted molar refractivity (Wildman–Crippen MR) is 156 cm³/mol. The molecule has 0 atom stereocenters. The summed E-state index contributed by atoms with van der Waals surface area (Å²) < 4.78 is 2.11. The standard InChI is InChI=1S/C14H8O2.2C9H6OS/c15-13-9-5-1-2-6-10(9)14(16)12-8-4-3-7-11(12)13;2*10-8-5-6-11-9-4-2-1-3-7(8)9/h1-8H;2*1-6H. The van der Waals surface area contributed by atoms with Crippen LogP contribution in [0.25, 0.3) is 20.2 Å². The van der Waals surface area contributed by atoms with Crippen molar-refractivity contribution in [1.82, 2.24) is 0 Å². The van der Waals surface area contributed by atoms with Crippen molar-refractivity contribution >= 4 is 54.4 Å². The van der Waals surface area contributed by atoms with E-state index in [9.17, 15) is 19.2 Å². The maximum Gasteiger partial charge on any atom is 0.194 e. The van der Waals surface area contributed by atoms with Gasteiger partial charge in [-0.2, -0.15) is 0 Å². The van der Waals surface area contributed by atoms with E-state index >= 15 is 0 Å². The van der Waals surface area contributed by atoms with Crippen LogP contribution in [0.5, 0.6) is 0 Å². The maximum absolute atomic E-state index is 12.1. The van der Waals surface area contributed by atoms with Crippen LogP contribution in [0.3, 0.4) is 0 Å². The largest absolute Gasteiger partial charge is 0.289 e. The van der Waals surface area contributed by atoms with Gasteiger partial charge in [0.05, 0.1) is 0 Å². The molecule has 0 aliphatic heterocycles. The van der Waals surface area contributed by atoms with Crippen LogP contribution in [0.1, 0.15) is 31.8 Å². The van der Waals surface area contributed by atoms with Crippen LogP contribution in [0.2, 0.25) is 0 Å². The Balaban J connectivity index is 0.000000119. The highest BCUT2D eigenvalue weighted by Crippen LogP contribution is 2.26. The highest BCUT2D eigenvalue weighted by Gasteiger charge is 2.28. The lowest BCUT2D eigenvalue weighted by atomic mass is 9.84. The molecular formula is C32H20O4S2. The van der Waals surface area contributed by atoms with Crippen LogP contribution >= 0.6 is 22.7 Å². The Hall–Kier alpha value is -4.52. The summed E-state index contributed by atoms with van der Waals surface area (Å²) in [6.07, 6.45) is 0. The minimum Gasteiger partial charge on any atom is -0.289 e. The summed E-state index contributed by atoms with van der Waals surface area (Å²) in [5.74, 6) is -0.128. The van der Waals surface area contributed by atoms with Crippen molar-refractivity contribution in [2.45, 2.75) is 0 Å². The van der Waals surface area contributed by atoms with Gasteiger partial charge in [0.15, 0.2) is 22.4 Å². The molecular weight excluding hydrogens is 512 g/mol. The first-order valence-corrected chi connectivity index (χ1v) is 13.5. The molecule has 6 aromatic rings. The van der Waals surface area contributed by atoms with E-state index in [4.69, 9.17) is 0 Å². The van der Waals surface area contributed by atoms with Crippen LogP contribution in [0, 0.1) is 0 Å². The molecule has 1 aliphatic rings. The zero-order chi connectivity index (χ0) is 26.5. The average molecular weight is 533 g/mol. The molecule has 0 saturated heterocycles. The molecule has 0 unspecified atom stereocenters. The third-order valence-electron chi connectivity index (χ3n) is 5.97. The number of carbonyl (C=O) groups excluding carboxylic acids is 2. The van der Waals surface area contributed by atoms with Gasteiger partial charge in [-0.1, -0.05) is 72.8 Å². The van der Waals surface area contributed by atoms with E-state index in [1.807, 2.05) is 59.3 Å². The Morgan fingerprint density at radius 1 is 0.368 bits per heavy atom.